The lowest BCUT2D eigenvalue weighted by Gasteiger charge is -2.16. The molecule has 0 unspecified atom stereocenters. The van der Waals surface area contributed by atoms with Crippen LogP contribution < -0.4 is 5.73 Å². The van der Waals surface area contributed by atoms with E-state index < -0.39 is 23.6 Å². The summed E-state index contributed by atoms with van der Waals surface area (Å²) >= 11 is 1.79. The summed E-state index contributed by atoms with van der Waals surface area (Å²) in [4.78, 5) is 0. The minimum atomic E-state index is -4.62. The smallest absolute Gasteiger partial charge is 0.316 e. The topological polar surface area (TPSA) is 26.0 Å². The minimum absolute atomic E-state index is 0. The molecule has 2 N–H and O–H groups in total. The van der Waals surface area contributed by atoms with E-state index in [4.69, 9.17) is 5.73 Å². The summed E-state index contributed by atoms with van der Waals surface area (Å²) in [5.74, 6) is -0.935. The molecule has 0 aliphatic rings. The van der Waals surface area contributed by atoms with Crippen LogP contribution in [0.25, 0.3) is 0 Å². The third-order valence-electron chi connectivity index (χ3n) is 1.65. The zero-order valence-corrected chi connectivity index (χ0v) is 10.2. The summed E-state index contributed by atoms with van der Waals surface area (Å²) in [5.41, 5.74) is 4.35. The first-order valence-corrected chi connectivity index (χ1v) is 4.67. The van der Waals surface area contributed by atoms with Gasteiger partial charge in [0.1, 0.15) is 11.9 Å². The van der Waals surface area contributed by atoms with Crippen LogP contribution >= 0.6 is 35.0 Å². The van der Waals surface area contributed by atoms with Crippen LogP contribution in [0, 0.1) is 9.39 Å². The maximum absolute atomic E-state index is 13.0. The van der Waals surface area contributed by atoms with Crippen molar-refractivity contribution in [1.82, 2.24) is 0 Å². The van der Waals surface area contributed by atoms with Gasteiger partial charge in [0.2, 0.25) is 0 Å². The van der Waals surface area contributed by atoms with Crippen LogP contribution in [0.1, 0.15) is 11.6 Å². The Kier molecular flexibility index (Phi) is 5.28. The van der Waals surface area contributed by atoms with Crippen LogP contribution in [0.2, 0.25) is 0 Å². The maximum atomic E-state index is 13.0. The molecule has 0 saturated heterocycles. The van der Waals surface area contributed by atoms with Crippen molar-refractivity contribution in [2.24, 2.45) is 5.73 Å². The standard InChI is InChI=1S/C8H6F4IN.ClH/c9-6-2-1-4(13)3-5(6)7(14)8(10,11)12;/h1-3,7H,14H2;1H/t7-;/m0./s1. The Hall–Kier alpha value is -0.0800. The highest BCUT2D eigenvalue weighted by Gasteiger charge is 2.39. The molecule has 1 atom stereocenters. The van der Waals surface area contributed by atoms with E-state index in [0.29, 0.717) is 3.57 Å². The normalized spacial score (nSPS) is 13.2. The lowest BCUT2D eigenvalue weighted by molar-refractivity contribution is -0.149. The van der Waals surface area contributed by atoms with E-state index in [1.165, 1.54) is 6.07 Å². The first kappa shape index (κ1) is 14.9. The van der Waals surface area contributed by atoms with Gasteiger partial charge in [0.15, 0.2) is 0 Å². The molecule has 1 rings (SSSR count). The fraction of sp³-hybridized carbons (Fsp3) is 0.250. The van der Waals surface area contributed by atoms with Gasteiger partial charge in [-0.05, 0) is 40.8 Å². The quantitative estimate of drug-likeness (QED) is 0.606. The SMILES string of the molecule is Cl.N[C@@H](c1cc(I)ccc1F)C(F)(F)F. The van der Waals surface area contributed by atoms with Crippen LogP contribution in [-0.2, 0) is 0 Å². The van der Waals surface area contributed by atoms with Crippen molar-refractivity contribution in [1.29, 1.82) is 0 Å². The number of hydrogen-bond acceptors (Lipinski definition) is 1. The van der Waals surface area contributed by atoms with Gasteiger partial charge in [-0.25, -0.2) is 4.39 Å². The molecular formula is C8H7ClF4IN. The van der Waals surface area contributed by atoms with E-state index in [2.05, 4.69) is 0 Å². The number of benzene rings is 1. The fourth-order valence-corrected chi connectivity index (χ4v) is 1.44. The van der Waals surface area contributed by atoms with E-state index in [9.17, 15) is 17.6 Å². The second-order valence-electron chi connectivity index (χ2n) is 2.69. The van der Waals surface area contributed by atoms with Crippen LogP contribution in [0.15, 0.2) is 18.2 Å². The van der Waals surface area contributed by atoms with Gasteiger partial charge in [0, 0.05) is 9.13 Å². The Morgan fingerprint density at radius 1 is 1.27 bits per heavy atom. The van der Waals surface area contributed by atoms with Crippen molar-refractivity contribution in [3.8, 4) is 0 Å². The molecule has 0 saturated carbocycles. The largest absolute Gasteiger partial charge is 0.407 e. The molecular weight excluding hydrogens is 348 g/mol. The molecule has 0 heterocycles. The number of rotatable bonds is 1. The first-order valence-electron chi connectivity index (χ1n) is 3.59. The van der Waals surface area contributed by atoms with Gasteiger partial charge in [-0.3, -0.25) is 0 Å². The molecule has 0 radical (unpaired) electrons. The van der Waals surface area contributed by atoms with Gasteiger partial charge in [-0.1, -0.05) is 0 Å². The van der Waals surface area contributed by atoms with Crippen molar-refractivity contribution in [3.63, 3.8) is 0 Å². The van der Waals surface area contributed by atoms with Crippen molar-refractivity contribution < 1.29 is 17.6 Å². The van der Waals surface area contributed by atoms with E-state index >= 15 is 0 Å². The average Bonchev–Trinajstić information content (AvgIpc) is 2.06. The van der Waals surface area contributed by atoms with Gasteiger partial charge >= 0.3 is 6.18 Å². The molecule has 1 nitrogen and oxygen atoms in total. The summed E-state index contributed by atoms with van der Waals surface area (Å²) in [6, 6.07) is 1.18. The van der Waals surface area contributed by atoms with Crippen LogP contribution in [0.3, 0.4) is 0 Å². The van der Waals surface area contributed by atoms with Gasteiger partial charge in [-0.15, -0.1) is 12.4 Å². The highest BCUT2D eigenvalue weighted by molar-refractivity contribution is 14.1. The Labute approximate surface area is 104 Å². The molecule has 1 aromatic carbocycles. The van der Waals surface area contributed by atoms with Gasteiger partial charge in [-0.2, -0.15) is 13.2 Å². The Bertz CT molecular complexity index is 342. The Morgan fingerprint density at radius 2 is 1.80 bits per heavy atom. The third kappa shape index (κ3) is 3.76. The molecule has 15 heavy (non-hydrogen) atoms. The summed E-state index contributed by atoms with van der Waals surface area (Å²) in [6.45, 7) is 0. The maximum Gasteiger partial charge on any atom is 0.407 e. The molecule has 7 heteroatoms. The van der Waals surface area contributed by atoms with E-state index in [1.54, 1.807) is 22.6 Å². The first-order chi connectivity index (χ1) is 6.32. The Balaban J connectivity index is 0.00000196. The number of alkyl halides is 3. The predicted octanol–water partition coefficient (Wildman–Crippen LogP) is 3.41. The molecule has 0 aliphatic heterocycles. The average molecular weight is 356 g/mol. The summed E-state index contributed by atoms with van der Waals surface area (Å²) in [7, 11) is 0. The third-order valence-corrected chi connectivity index (χ3v) is 2.32. The summed E-state index contributed by atoms with van der Waals surface area (Å²) in [5, 5.41) is 0. The van der Waals surface area contributed by atoms with Crippen LogP contribution in [0.5, 0.6) is 0 Å². The molecule has 0 fully saturated rings. The zero-order chi connectivity index (χ0) is 10.9. The minimum Gasteiger partial charge on any atom is -0.316 e. The van der Waals surface area contributed by atoms with Crippen molar-refractivity contribution >= 4 is 35.0 Å². The van der Waals surface area contributed by atoms with Crippen molar-refractivity contribution in [3.05, 3.63) is 33.1 Å². The summed E-state index contributed by atoms with van der Waals surface area (Å²) < 4.78 is 49.9. The van der Waals surface area contributed by atoms with Crippen molar-refractivity contribution in [2.45, 2.75) is 12.2 Å². The monoisotopic (exact) mass is 355 g/mol. The molecule has 0 spiro atoms. The van der Waals surface area contributed by atoms with E-state index in [1.807, 2.05) is 0 Å². The molecule has 0 bridgehead atoms. The van der Waals surface area contributed by atoms with Gasteiger partial charge < -0.3 is 5.73 Å². The second kappa shape index (κ2) is 5.31. The van der Waals surface area contributed by atoms with E-state index in [-0.39, 0.29) is 12.4 Å². The summed E-state index contributed by atoms with van der Waals surface area (Å²) in [6.07, 6.45) is -4.62. The molecule has 0 aliphatic carbocycles. The van der Waals surface area contributed by atoms with Crippen molar-refractivity contribution in [2.75, 3.05) is 0 Å². The molecule has 1 aromatic rings. The number of hydrogen-bond donors (Lipinski definition) is 1. The second-order valence-corrected chi connectivity index (χ2v) is 3.93. The molecule has 0 amide bonds. The van der Waals surface area contributed by atoms with Crippen LogP contribution in [0.4, 0.5) is 17.6 Å². The Morgan fingerprint density at radius 3 is 2.27 bits per heavy atom. The van der Waals surface area contributed by atoms with E-state index in [0.717, 1.165) is 12.1 Å². The lowest BCUT2D eigenvalue weighted by Crippen LogP contribution is -2.29. The highest BCUT2D eigenvalue weighted by atomic mass is 127. The number of halogens is 6. The molecule has 86 valence electrons. The molecule has 0 aromatic heterocycles. The van der Waals surface area contributed by atoms with Gasteiger partial charge in [0.05, 0.1) is 0 Å². The fourth-order valence-electron chi connectivity index (χ4n) is 0.929. The number of nitrogens with two attached hydrogens (primary N) is 1. The van der Waals surface area contributed by atoms with Crippen LogP contribution in [-0.4, -0.2) is 6.18 Å². The predicted molar refractivity (Wildman–Crippen MR) is 59.3 cm³/mol. The zero-order valence-electron chi connectivity index (χ0n) is 7.18. The lowest BCUT2D eigenvalue weighted by atomic mass is 10.1. The van der Waals surface area contributed by atoms with Gasteiger partial charge in [0.25, 0.3) is 0 Å². The highest BCUT2D eigenvalue weighted by Crippen LogP contribution is 2.32.